The van der Waals surface area contributed by atoms with Gasteiger partial charge in [0, 0.05) is 51.5 Å². The highest BCUT2D eigenvalue weighted by Gasteiger charge is 2.20. The van der Waals surface area contributed by atoms with E-state index in [1.54, 1.807) is 18.7 Å². The minimum Gasteiger partial charge on any atom is -0.348 e. The van der Waals surface area contributed by atoms with Gasteiger partial charge >= 0.3 is 0 Å². The van der Waals surface area contributed by atoms with Gasteiger partial charge in [0.25, 0.3) is 11.8 Å². The number of hydrogen-bond acceptors (Lipinski definition) is 5. The van der Waals surface area contributed by atoms with Crippen LogP contribution in [0.25, 0.3) is 11.0 Å². The lowest BCUT2D eigenvalue weighted by Gasteiger charge is -2.32. The molecule has 4 rings (SSSR count). The molecule has 3 heterocycles. The number of pyridine rings is 1. The smallest absolute Gasteiger partial charge is 0.255 e. The monoisotopic (exact) mass is 392 g/mol. The number of carbonyl (C=O) groups is 2. The number of fused-ring (bicyclic) bond motifs is 1. The Hall–Kier alpha value is -3.26. The predicted octanol–water partition coefficient (Wildman–Crippen LogP) is 1.29. The first kappa shape index (κ1) is 19.1. The summed E-state index contributed by atoms with van der Waals surface area (Å²) in [6.07, 6.45) is 4.86. The molecule has 1 aromatic carbocycles. The molecule has 0 saturated carbocycles. The summed E-state index contributed by atoms with van der Waals surface area (Å²) in [6, 6.07) is 7.41. The van der Waals surface area contributed by atoms with Crippen LogP contribution in [-0.2, 0) is 13.6 Å². The summed E-state index contributed by atoms with van der Waals surface area (Å²) in [4.78, 5) is 37.7. The van der Waals surface area contributed by atoms with E-state index in [-0.39, 0.29) is 11.8 Å². The van der Waals surface area contributed by atoms with E-state index in [4.69, 9.17) is 0 Å². The number of hydrogen-bond donors (Lipinski definition) is 1. The van der Waals surface area contributed by atoms with Crippen molar-refractivity contribution in [3.8, 4) is 0 Å². The van der Waals surface area contributed by atoms with Crippen molar-refractivity contribution in [3.05, 3.63) is 59.7 Å². The maximum atomic E-state index is 12.6. The summed E-state index contributed by atoms with van der Waals surface area (Å²) < 4.78 is 1.81. The molecule has 1 fully saturated rings. The van der Waals surface area contributed by atoms with Crippen molar-refractivity contribution in [2.75, 3.05) is 33.2 Å². The van der Waals surface area contributed by atoms with Crippen molar-refractivity contribution in [1.82, 2.24) is 29.7 Å². The molecule has 1 saturated heterocycles. The zero-order chi connectivity index (χ0) is 20.4. The summed E-state index contributed by atoms with van der Waals surface area (Å²) in [5.74, 6) is -0.146. The zero-order valence-corrected chi connectivity index (χ0v) is 16.6. The first-order valence-corrected chi connectivity index (χ1v) is 9.63. The highest BCUT2D eigenvalue weighted by Crippen LogP contribution is 2.16. The van der Waals surface area contributed by atoms with Gasteiger partial charge in [0.05, 0.1) is 23.6 Å². The van der Waals surface area contributed by atoms with Crippen LogP contribution in [0.2, 0.25) is 0 Å². The van der Waals surface area contributed by atoms with Gasteiger partial charge in [-0.1, -0.05) is 12.1 Å². The van der Waals surface area contributed by atoms with Crippen molar-refractivity contribution in [3.63, 3.8) is 0 Å². The highest BCUT2D eigenvalue weighted by atomic mass is 16.2. The molecule has 0 spiro atoms. The van der Waals surface area contributed by atoms with Crippen LogP contribution in [0.4, 0.5) is 0 Å². The predicted molar refractivity (Wildman–Crippen MR) is 110 cm³/mol. The number of carbonyl (C=O) groups excluding carboxylic acids is 2. The lowest BCUT2D eigenvalue weighted by molar-refractivity contribution is 0.0664. The molecule has 0 radical (unpaired) electrons. The second-order valence-electron chi connectivity index (χ2n) is 7.39. The van der Waals surface area contributed by atoms with Crippen LogP contribution in [0.15, 0.2) is 43.0 Å². The third kappa shape index (κ3) is 3.97. The first-order valence-electron chi connectivity index (χ1n) is 9.63. The van der Waals surface area contributed by atoms with E-state index in [1.807, 2.05) is 40.8 Å². The van der Waals surface area contributed by atoms with Gasteiger partial charge in [0.2, 0.25) is 0 Å². The van der Waals surface area contributed by atoms with E-state index in [0.717, 1.165) is 37.3 Å². The van der Waals surface area contributed by atoms with Gasteiger partial charge in [-0.2, -0.15) is 0 Å². The number of aryl methyl sites for hydroxylation is 1. The van der Waals surface area contributed by atoms with Crippen LogP contribution >= 0.6 is 0 Å². The molecular formula is C21H24N6O2. The van der Waals surface area contributed by atoms with Crippen LogP contribution in [0.5, 0.6) is 0 Å². The van der Waals surface area contributed by atoms with Crippen molar-refractivity contribution in [2.45, 2.75) is 6.54 Å². The fourth-order valence-electron chi connectivity index (χ4n) is 3.52. The molecule has 3 aromatic rings. The van der Waals surface area contributed by atoms with Crippen LogP contribution in [-0.4, -0.2) is 69.4 Å². The van der Waals surface area contributed by atoms with Crippen LogP contribution in [0.1, 0.15) is 26.3 Å². The molecule has 8 nitrogen and oxygen atoms in total. The number of rotatable bonds is 4. The summed E-state index contributed by atoms with van der Waals surface area (Å²) in [5, 5.41) is 2.92. The number of likely N-dealkylation sites (N-methyl/N-ethyl adjacent to an activating group) is 1. The SMILES string of the molecule is CN1CCN(C(=O)c2ccc(CNC(=O)c3cncc4ncn(C)c34)cc2)CC1. The second kappa shape index (κ2) is 8.00. The maximum Gasteiger partial charge on any atom is 0.255 e. The minimum atomic E-state index is -0.204. The standard InChI is InChI=1S/C21H24N6O2/c1-25-7-9-27(10-8-25)21(29)16-5-3-15(4-6-16)11-23-20(28)17-12-22-13-18-19(17)26(2)14-24-18/h3-6,12-14H,7-11H2,1-2H3,(H,23,28). The van der Waals surface area contributed by atoms with Gasteiger partial charge in [-0.05, 0) is 24.7 Å². The molecule has 2 amide bonds. The number of nitrogens with one attached hydrogen (secondary N) is 1. The molecule has 29 heavy (non-hydrogen) atoms. The number of amides is 2. The Morgan fingerprint density at radius 2 is 1.76 bits per heavy atom. The van der Waals surface area contributed by atoms with Crippen molar-refractivity contribution in [2.24, 2.45) is 7.05 Å². The van der Waals surface area contributed by atoms with E-state index in [1.165, 1.54) is 0 Å². The third-order valence-corrected chi connectivity index (χ3v) is 5.31. The molecule has 0 aliphatic carbocycles. The quantitative estimate of drug-likeness (QED) is 0.723. The number of imidazole rings is 1. The van der Waals surface area contributed by atoms with Gasteiger partial charge in [-0.3, -0.25) is 14.6 Å². The van der Waals surface area contributed by atoms with Crippen molar-refractivity contribution >= 4 is 22.8 Å². The van der Waals surface area contributed by atoms with E-state index in [2.05, 4.69) is 27.2 Å². The van der Waals surface area contributed by atoms with E-state index < -0.39 is 0 Å². The molecule has 0 unspecified atom stereocenters. The first-order chi connectivity index (χ1) is 14.0. The Kier molecular flexibility index (Phi) is 5.26. The van der Waals surface area contributed by atoms with Gasteiger partial charge in [0.15, 0.2) is 0 Å². The molecule has 1 aliphatic heterocycles. The van der Waals surface area contributed by atoms with Crippen molar-refractivity contribution < 1.29 is 9.59 Å². The highest BCUT2D eigenvalue weighted by molar-refractivity contribution is 6.04. The van der Waals surface area contributed by atoms with Gasteiger partial charge in [-0.15, -0.1) is 0 Å². The largest absolute Gasteiger partial charge is 0.348 e. The summed E-state index contributed by atoms with van der Waals surface area (Å²) in [7, 11) is 3.91. The van der Waals surface area contributed by atoms with Crippen LogP contribution < -0.4 is 5.32 Å². The topological polar surface area (TPSA) is 83.4 Å². The normalized spacial score (nSPS) is 14.9. The fourth-order valence-corrected chi connectivity index (χ4v) is 3.52. The minimum absolute atomic E-state index is 0.0580. The second-order valence-corrected chi connectivity index (χ2v) is 7.39. The van der Waals surface area contributed by atoms with E-state index in [0.29, 0.717) is 23.2 Å². The molecule has 150 valence electrons. The van der Waals surface area contributed by atoms with Crippen LogP contribution in [0.3, 0.4) is 0 Å². The van der Waals surface area contributed by atoms with Gasteiger partial charge in [0.1, 0.15) is 5.52 Å². The summed E-state index contributed by atoms with van der Waals surface area (Å²) >= 11 is 0. The molecule has 1 aliphatic rings. The average Bonchev–Trinajstić information content (AvgIpc) is 3.13. The third-order valence-electron chi connectivity index (χ3n) is 5.31. The van der Waals surface area contributed by atoms with Crippen LogP contribution in [0, 0.1) is 0 Å². The van der Waals surface area contributed by atoms with Gasteiger partial charge in [-0.25, -0.2) is 4.98 Å². The molecule has 2 aromatic heterocycles. The number of nitrogens with zero attached hydrogens (tertiary/aromatic N) is 5. The van der Waals surface area contributed by atoms with E-state index in [9.17, 15) is 9.59 Å². The molecule has 0 atom stereocenters. The Morgan fingerprint density at radius 3 is 2.48 bits per heavy atom. The molecule has 0 bridgehead atoms. The Balaban J connectivity index is 1.39. The Bertz CT molecular complexity index is 1040. The summed E-state index contributed by atoms with van der Waals surface area (Å²) in [5.41, 5.74) is 3.54. The Morgan fingerprint density at radius 1 is 1.03 bits per heavy atom. The fraction of sp³-hybridized carbons (Fsp3) is 0.333. The van der Waals surface area contributed by atoms with Gasteiger partial charge < -0.3 is 19.7 Å². The number of benzene rings is 1. The molecule has 8 heteroatoms. The lowest BCUT2D eigenvalue weighted by atomic mass is 10.1. The molecular weight excluding hydrogens is 368 g/mol. The number of piperazine rings is 1. The molecule has 1 N–H and O–H groups in total. The van der Waals surface area contributed by atoms with Crippen molar-refractivity contribution in [1.29, 1.82) is 0 Å². The van der Waals surface area contributed by atoms with E-state index >= 15 is 0 Å². The summed E-state index contributed by atoms with van der Waals surface area (Å²) in [6.45, 7) is 3.67. The Labute approximate surface area is 169 Å². The number of aromatic nitrogens is 3. The lowest BCUT2D eigenvalue weighted by Crippen LogP contribution is -2.47. The zero-order valence-electron chi connectivity index (χ0n) is 16.6. The average molecular weight is 392 g/mol. The maximum absolute atomic E-state index is 12.6.